The van der Waals surface area contributed by atoms with Gasteiger partial charge in [0.2, 0.25) is 0 Å². The van der Waals surface area contributed by atoms with Crippen LogP contribution in [0.1, 0.15) is 0 Å². The van der Waals surface area contributed by atoms with E-state index in [1.54, 1.807) is 11.3 Å². The third kappa shape index (κ3) is 2.36. The Bertz CT molecular complexity index is 1180. The summed E-state index contributed by atoms with van der Waals surface area (Å²) in [5.41, 5.74) is 5.22. The smallest absolute Gasteiger partial charge is 0.00145 e. The van der Waals surface area contributed by atoms with Crippen molar-refractivity contribution in [2.45, 2.75) is 0 Å². The summed E-state index contributed by atoms with van der Waals surface area (Å²) in [6.07, 6.45) is 0. The number of hydrogen-bond donors (Lipinski definition) is 0. The molecule has 25 heavy (non-hydrogen) atoms. The van der Waals surface area contributed by atoms with Crippen LogP contribution in [0, 0.1) is 0 Å². The van der Waals surface area contributed by atoms with Gasteiger partial charge in [-0.25, -0.2) is 0 Å². The molecule has 0 atom stereocenters. The Labute approximate surface area is 151 Å². The molecular weight excluding hydrogens is 320 g/mol. The minimum atomic E-state index is 1.28. The van der Waals surface area contributed by atoms with E-state index in [-0.39, 0.29) is 0 Å². The SMILES string of the molecule is c1ccc2c(-c3c(-c4ccsc4)ccc4ccccc34)cccc2c1. The van der Waals surface area contributed by atoms with Gasteiger partial charge < -0.3 is 0 Å². The molecule has 0 unspecified atom stereocenters. The molecule has 0 aliphatic heterocycles. The van der Waals surface area contributed by atoms with Gasteiger partial charge in [-0.3, -0.25) is 0 Å². The van der Waals surface area contributed by atoms with Crippen molar-refractivity contribution in [2.75, 3.05) is 0 Å². The minimum absolute atomic E-state index is 1.28. The van der Waals surface area contributed by atoms with Crippen molar-refractivity contribution >= 4 is 32.9 Å². The lowest BCUT2D eigenvalue weighted by Crippen LogP contribution is -1.88. The molecule has 1 heterocycles. The first kappa shape index (κ1) is 14.4. The summed E-state index contributed by atoms with van der Waals surface area (Å²) in [7, 11) is 0. The van der Waals surface area contributed by atoms with Crippen LogP contribution < -0.4 is 0 Å². The van der Waals surface area contributed by atoms with E-state index in [1.807, 2.05) is 0 Å². The highest BCUT2D eigenvalue weighted by Crippen LogP contribution is 2.41. The zero-order chi connectivity index (χ0) is 16.6. The van der Waals surface area contributed by atoms with Gasteiger partial charge in [-0.05, 0) is 60.6 Å². The molecular formula is C24H16S. The van der Waals surface area contributed by atoms with E-state index in [1.165, 1.54) is 43.8 Å². The predicted molar refractivity (Wildman–Crippen MR) is 110 cm³/mol. The normalized spacial score (nSPS) is 11.2. The summed E-state index contributed by atoms with van der Waals surface area (Å²) in [5.74, 6) is 0. The first-order chi connectivity index (χ1) is 12.4. The lowest BCUT2D eigenvalue weighted by atomic mass is 9.88. The van der Waals surface area contributed by atoms with Gasteiger partial charge >= 0.3 is 0 Å². The highest BCUT2D eigenvalue weighted by Gasteiger charge is 2.14. The van der Waals surface area contributed by atoms with E-state index in [4.69, 9.17) is 0 Å². The second-order valence-corrected chi connectivity index (χ2v) is 7.03. The minimum Gasteiger partial charge on any atom is -0.152 e. The molecule has 1 heteroatoms. The largest absolute Gasteiger partial charge is 0.152 e. The molecule has 0 radical (unpaired) electrons. The third-order valence-corrected chi connectivity index (χ3v) is 5.50. The summed E-state index contributed by atoms with van der Waals surface area (Å²) in [4.78, 5) is 0. The van der Waals surface area contributed by atoms with Crippen molar-refractivity contribution in [2.24, 2.45) is 0 Å². The maximum absolute atomic E-state index is 2.27. The number of thiophene rings is 1. The molecule has 0 N–H and O–H groups in total. The molecule has 5 rings (SSSR count). The van der Waals surface area contributed by atoms with Gasteiger partial charge in [-0.15, -0.1) is 0 Å². The van der Waals surface area contributed by atoms with E-state index in [0.717, 1.165) is 0 Å². The molecule has 0 saturated heterocycles. The van der Waals surface area contributed by atoms with Crippen molar-refractivity contribution in [3.63, 3.8) is 0 Å². The second kappa shape index (κ2) is 5.87. The molecule has 0 aliphatic rings. The lowest BCUT2D eigenvalue weighted by Gasteiger charge is -2.15. The fourth-order valence-electron chi connectivity index (χ4n) is 3.66. The van der Waals surface area contributed by atoms with Crippen LogP contribution >= 0.6 is 11.3 Å². The molecule has 5 aromatic rings. The molecule has 0 nitrogen and oxygen atoms in total. The molecule has 0 bridgehead atoms. The number of hydrogen-bond acceptors (Lipinski definition) is 1. The Kier molecular flexibility index (Phi) is 3.39. The predicted octanol–water partition coefficient (Wildman–Crippen LogP) is 7.39. The molecule has 0 spiro atoms. The van der Waals surface area contributed by atoms with Crippen LogP contribution in [0.4, 0.5) is 0 Å². The lowest BCUT2D eigenvalue weighted by molar-refractivity contribution is 1.66. The van der Waals surface area contributed by atoms with Crippen molar-refractivity contribution in [3.8, 4) is 22.3 Å². The van der Waals surface area contributed by atoms with E-state index < -0.39 is 0 Å². The summed E-state index contributed by atoms with van der Waals surface area (Å²) in [6, 6.07) is 30.6. The van der Waals surface area contributed by atoms with Gasteiger partial charge in [0.1, 0.15) is 0 Å². The van der Waals surface area contributed by atoms with Crippen LogP contribution in [0.2, 0.25) is 0 Å². The van der Waals surface area contributed by atoms with Crippen molar-refractivity contribution in [1.29, 1.82) is 0 Å². The Balaban J connectivity index is 1.95. The van der Waals surface area contributed by atoms with Gasteiger partial charge in [0.15, 0.2) is 0 Å². The molecule has 0 saturated carbocycles. The monoisotopic (exact) mass is 336 g/mol. The van der Waals surface area contributed by atoms with Gasteiger partial charge in [0.05, 0.1) is 0 Å². The first-order valence-corrected chi connectivity index (χ1v) is 9.38. The molecule has 118 valence electrons. The second-order valence-electron chi connectivity index (χ2n) is 6.25. The van der Waals surface area contributed by atoms with Gasteiger partial charge in [0, 0.05) is 0 Å². The Morgan fingerprint density at radius 1 is 0.520 bits per heavy atom. The molecule has 0 amide bonds. The van der Waals surface area contributed by atoms with E-state index in [9.17, 15) is 0 Å². The van der Waals surface area contributed by atoms with E-state index >= 15 is 0 Å². The van der Waals surface area contributed by atoms with E-state index in [0.29, 0.717) is 0 Å². The molecule has 0 aliphatic carbocycles. The first-order valence-electron chi connectivity index (χ1n) is 8.44. The number of rotatable bonds is 2. The summed E-state index contributed by atoms with van der Waals surface area (Å²) >= 11 is 1.75. The van der Waals surface area contributed by atoms with Gasteiger partial charge in [-0.2, -0.15) is 11.3 Å². The van der Waals surface area contributed by atoms with Crippen LogP contribution in [0.5, 0.6) is 0 Å². The fourth-order valence-corrected chi connectivity index (χ4v) is 4.32. The standard InChI is InChI=1S/C24H16S/c1-3-9-20-17(6-1)8-5-11-23(20)24-21-10-4-2-7-18(21)12-13-22(24)19-14-15-25-16-19/h1-16H. The van der Waals surface area contributed by atoms with Crippen LogP contribution in [0.3, 0.4) is 0 Å². The summed E-state index contributed by atoms with van der Waals surface area (Å²) < 4.78 is 0. The summed E-state index contributed by atoms with van der Waals surface area (Å²) in [6.45, 7) is 0. The van der Waals surface area contributed by atoms with Crippen molar-refractivity contribution in [1.82, 2.24) is 0 Å². The average Bonchev–Trinajstić information content (AvgIpc) is 3.21. The maximum atomic E-state index is 2.27. The quantitative estimate of drug-likeness (QED) is 0.315. The van der Waals surface area contributed by atoms with Gasteiger partial charge in [-0.1, -0.05) is 78.9 Å². The number of benzene rings is 4. The zero-order valence-corrected chi connectivity index (χ0v) is 14.5. The van der Waals surface area contributed by atoms with E-state index in [2.05, 4.69) is 95.7 Å². The molecule has 0 fully saturated rings. The average molecular weight is 336 g/mol. The van der Waals surface area contributed by atoms with Crippen LogP contribution in [0.25, 0.3) is 43.8 Å². The topological polar surface area (TPSA) is 0 Å². The van der Waals surface area contributed by atoms with Crippen molar-refractivity contribution < 1.29 is 0 Å². The fraction of sp³-hybridized carbons (Fsp3) is 0. The van der Waals surface area contributed by atoms with Crippen LogP contribution in [0.15, 0.2) is 95.7 Å². The maximum Gasteiger partial charge on any atom is -0.00145 e. The highest BCUT2D eigenvalue weighted by molar-refractivity contribution is 7.08. The third-order valence-electron chi connectivity index (χ3n) is 4.82. The molecule has 1 aromatic heterocycles. The Morgan fingerprint density at radius 2 is 1.24 bits per heavy atom. The summed E-state index contributed by atoms with van der Waals surface area (Å²) in [5, 5.41) is 9.56. The Morgan fingerprint density at radius 3 is 2.04 bits per heavy atom. The van der Waals surface area contributed by atoms with Crippen LogP contribution in [-0.4, -0.2) is 0 Å². The molecule has 4 aromatic carbocycles. The Hall–Kier alpha value is -2.90. The van der Waals surface area contributed by atoms with Crippen molar-refractivity contribution in [3.05, 3.63) is 95.7 Å². The highest BCUT2D eigenvalue weighted by atomic mass is 32.1. The van der Waals surface area contributed by atoms with Crippen LogP contribution in [-0.2, 0) is 0 Å². The zero-order valence-electron chi connectivity index (χ0n) is 13.6. The number of fused-ring (bicyclic) bond motifs is 2. The van der Waals surface area contributed by atoms with Gasteiger partial charge in [0.25, 0.3) is 0 Å².